The summed E-state index contributed by atoms with van der Waals surface area (Å²) in [7, 11) is 0. The number of thiazole rings is 1. The SMILES string of the molecule is CCOc1ncccc1C(=O)Nc1nc(-c2ccccc2)c(C)s1. The van der Waals surface area contributed by atoms with Gasteiger partial charge in [-0.25, -0.2) is 9.97 Å². The number of anilines is 1. The van der Waals surface area contributed by atoms with E-state index in [-0.39, 0.29) is 5.91 Å². The Morgan fingerprint density at radius 3 is 2.75 bits per heavy atom. The van der Waals surface area contributed by atoms with Crippen LogP contribution in [0.3, 0.4) is 0 Å². The summed E-state index contributed by atoms with van der Waals surface area (Å²) in [6.45, 7) is 4.30. The van der Waals surface area contributed by atoms with Gasteiger partial charge >= 0.3 is 0 Å². The van der Waals surface area contributed by atoms with Crippen LogP contribution < -0.4 is 10.1 Å². The van der Waals surface area contributed by atoms with E-state index in [1.807, 2.05) is 44.2 Å². The quantitative estimate of drug-likeness (QED) is 0.758. The van der Waals surface area contributed by atoms with Crippen LogP contribution in [0.2, 0.25) is 0 Å². The number of carbonyl (C=O) groups excluding carboxylic acids is 1. The highest BCUT2D eigenvalue weighted by Crippen LogP contribution is 2.30. The molecule has 1 amide bonds. The molecule has 2 aromatic heterocycles. The molecule has 122 valence electrons. The normalized spacial score (nSPS) is 10.4. The van der Waals surface area contributed by atoms with E-state index >= 15 is 0 Å². The number of nitrogens with zero attached hydrogens (tertiary/aromatic N) is 2. The van der Waals surface area contributed by atoms with Crippen LogP contribution in [-0.2, 0) is 0 Å². The average Bonchev–Trinajstić information content (AvgIpc) is 2.96. The first-order valence-electron chi connectivity index (χ1n) is 7.61. The molecular formula is C18H17N3O2S. The van der Waals surface area contributed by atoms with Gasteiger partial charge in [-0.2, -0.15) is 0 Å². The van der Waals surface area contributed by atoms with Crippen LogP contribution in [0, 0.1) is 6.92 Å². The summed E-state index contributed by atoms with van der Waals surface area (Å²) in [6, 6.07) is 13.3. The first-order valence-corrected chi connectivity index (χ1v) is 8.42. The first-order chi connectivity index (χ1) is 11.7. The van der Waals surface area contributed by atoms with E-state index in [1.54, 1.807) is 18.3 Å². The van der Waals surface area contributed by atoms with Crippen LogP contribution in [0.1, 0.15) is 22.2 Å². The lowest BCUT2D eigenvalue weighted by molar-refractivity contribution is 0.102. The number of nitrogens with one attached hydrogen (secondary N) is 1. The predicted octanol–water partition coefficient (Wildman–Crippen LogP) is 4.16. The van der Waals surface area contributed by atoms with Gasteiger partial charge in [0.05, 0.1) is 12.3 Å². The van der Waals surface area contributed by atoms with Gasteiger partial charge in [0, 0.05) is 16.6 Å². The zero-order chi connectivity index (χ0) is 16.9. The van der Waals surface area contributed by atoms with Crippen molar-refractivity contribution < 1.29 is 9.53 Å². The van der Waals surface area contributed by atoms with Crippen molar-refractivity contribution in [2.75, 3.05) is 11.9 Å². The van der Waals surface area contributed by atoms with E-state index in [2.05, 4.69) is 15.3 Å². The summed E-state index contributed by atoms with van der Waals surface area (Å²) in [5.74, 6) is 0.0500. The van der Waals surface area contributed by atoms with Crippen molar-refractivity contribution in [3.63, 3.8) is 0 Å². The van der Waals surface area contributed by atoms with Crippen LogP contribution in [-0.4, -0.2) is 22.5 Å². The molecule has 1 N–H and O–H groups in total. The van der Waals surface area contributed by atoms with Gasteiger partial charge in [-0.1, -0.05) is 30.3 Å². The van der Waals surface area contributed by atoms with E-state index in [4.69, 9.17) is 4.74 Å². The number of rotatable bonds is 5. The maximum Gasteiger partial charge on any atom is 0.262 e. The lowest BCUT2D eigenvalue weighted by Gasteiger charge is -2.07. The second-order valence-corrected chi connectivity index (χ2v) is 6.24. The summed E-state index contributed by atoms with van der Waals surface area (Å²) in [6.07, 6.45) is 1.60. The van der Waals surface area contributed by atoms with Crippen molar-refractivity contribution in [1.29, 1.82) is 0 Å². The molecule has 5 nitrogen and oxygen atoms in total. The molecule has 0 bridgehead atoms. The maximum atomic E-state index is 12.5. The number of benzene rings is 1. The Morgan fingerprint density at radius 2 is 2.00 bits per heavy atom. The fraction of sp³-hybridized carbons (Fsp3) is 0.167. The van der Waals surface area contributed by atoms with Gasteiger partial charge < -0.3 is 4.74 Å². The monoisotopic (exact) mass is 339 g/mol. The third kappa shape index (κ3) is 3.44. The van der Waals surface area contributed by atoms with Crippen molar-refractivity contribution >= 4 is 22.4 Å². The lowest BCUT2D eigenvalue weighted by Crippen LogP contribution is -2.14. The van der Waals surface area contributed by atoms with E-state index in [1.165, 1.54) is 11.3 Å². The number of aromatic nitrogens is 2. The van der Waals surface area contributed by atoms with Crippen molar-refractivity contribution in [3.8, 4) is 17.1 Å². The van der Waals surface area contributed by atoms with Crippen LogP contribution in [0.5, 0.6) is 5.88 Å². The lowest BCUT2D eigenvalue weighted by atomic mass is 10.1. The minimum absolute atomic E-state index is 0.278. The fourth-order valence-electron chi connectivity index (χ4n) is 2.29. The molecule has 24 heavy (non-hydrogen) atoms. The summed E-state index contributed by atoms with van der Waals surface area (Å²) in [5, 5.41) is 3.39. The minimum atomic E-state index is -0.278. The molecule has 0 atom stereocenters. The van der Waals surface area contributed by atoms with Crippen molar-refractivity contribution in [2.24, 2.45) is 0 Å². The molecule has 0 saturated carbocycles. The van der Waals surface area contributed by atoms with E-state index in [0.717, 1.165) is 16.1 Å². The second kappa shape index (κ2) is 7.23. The molecule has 0 aliphatic carbocycles. The van der Waals surface area contributed by atoms with Crippen LogP contribution in [0.4, 0.5) is 5.13 Å². The Morgan fingerprint density at radius 1 is 1.21 bits per heavy atom. The molecular weight excluding hydrogens is 322 g/mol. The fourth-order valence-corrected chi connectivity index (χ4v) is 3.12. The molecule has 0 unspecified atom stereocenters. The summed E-state index contributed by atoms with van der Waals surface area (Å²) < 4.78 is 5.41. The molecule has 0 aliphatic heterocycles. The minimum Gasteiger partial charge on any atom is -0.477 e. The van der Waals surface area contributed by atoms with Gasteiger partial charge in [0.2, 0.25) is 5.88 Å². The van der Waals surface area contributed by atoms with Gasteiger partial charge in [-0.15, -0.1) is 11.3 Å². The van der Waals surface area contributed by atoms with Gasteiger partial charge in [0.25, 0.3) is 5.91 Å². The van der Waals surface area contributed by atoms with E-state index < -0.39 is 0 Å². The van der Waals surface area contributed by atoms with Gasteiger partial charge in [0.15, 0.2) is 5.13 Å². The number of aryl methyl sites for hydroxylation is 1. The number of hydrogen-bond acceptors (Lipinski definition) is 5. The topological polar surface area (TPSA) is 64.1 Å². The summed E-state index contributed by atoms with van der Waals surface area (Å²) in [5.41, 5.74) is 2.31. The van der Waals surface area contributed by atoms with Crippen molar-refractivity contribution in [1.82, 2.24) is 9.97 Å². The zero-order valence-corrected chi connectivity index (χ0v) is 14.3. The molecule has 3 rings (SSSR count). The molecule has 0 saturated heterocycles. The highest BCUT2D eigenvalue weighted by Gasteiger charge is 2.16. The van der Waals surface area contributed by atoms with Gasteiger partial charge in [-0.05, 0) is 26.0 Å². The Balaban J connectivity index is 1.83. The third-order valence-electron chi connectivity index (χ3n) is 3.36. The molecule has 2 heterocycles. The van der Waals surface area contributed by atoms with Crippen molar-refractivity contribution in [2.45, 2.75) is 13.8 Å². The highest BCUT2D eigenvalue weighted by molar-refractivity contribution is 7.16. The van der Waals surface area contributed by atoms with E-state index in [9.17, 15) is 4.79 Å². The van der Waals surface area contributed by atoms with E-state index in [0.29, 0.717) is 23.2 Å². The van der Waals surface area contributed by atoms with Crippen molar-refractivity contribution in [3.05, 3.63) is 59.1 Å². The summed E-state index contributed by atoms with van der Waals surface area (Å²) in [4.78, 5) is 22.2. The Hall–Kier alpha value is -2.73. The number of pyridine rings is 1. The van der Waals surface area contributed by atoms with Crippen LogP contribution >= 0.6 is 11.3 Å². The molecule has 0 aliphatic rings. The molecule has 3 aromatic rings. The number of hydrogen-bond donors (Lipinski definition) is 1. The number of carbonyl (C=O) groups is 1. The highest BCUT2D eigenvalue weighted by atomic mass is 32.1. The molecule has 0 spiro atoms. The predicted molar refractivity (Wildman–Crippen MR) is 95.6 cm³/mol. The van der Waals surface area contributed by atoms with Gasteiger partial charge in [-0.3, -0.25) is 10.1 Å². The maximum absolute atomic E-state index is 12.5. The molecule has 6 heteroatoms. The summed E-state index contributed by atoms with van der Waals surface area (Å²) >= 11 is 1.45. The van der Waals surface area contributed by atoms with Crippen LogP contribution in [0.25, 0.3) is 11.3 Å². The Labute approximate surface area is 144 Å². The largest absolute Gasteiger partial charge is 0.477 e. The second-order valence-electron chi connectivity index (χ2n) is 5.03. The average molecular weight is 339 g/mol. The Kier molecular flexibility index (Phi) is 4.86. The number of ether oxygens (including phenoxy) is 1. The zero-order valence-electron chi connectivity index (χ0n) is 13.4. The van der Waals surface area contributed by atoms with Crippen LogP contribution in [0.15, 0.2) is 48.7 Å². The molecule has 1 aromatic carbocycles. The number of amides is 1. The molecule has 0 fully saturated rings. The van der Waals surface area contributed by atoms with Gasteiger partial charge in [0.1, 0.15) is 5.56 Å². The first kappa shape index (κ1) is 16.1. The Bertz CT molecular complexity index is 846. The smallest absolute Gasteiger partial charge is 0.262 e. The standard InChI is InChI=1S/C18H17N3O2S/c1-3-23-17-14(10-7-11-19-17)16(22)21-18-20-15(12(2)24-18)13-8-5-4-6-9-13/h4-11H,3H2,1-2H3,(H,20,21,22). The molecule has 0 radical (unpaired) electrons. The third-order valence-corrected chi connectivity index (χ3v) is 4.25.